The zero-order valence-electron chi connectivity index (χ0n) is 10.0. The summed E-state index contributed by atoms with van der Waals surface area (Å²) in [7, 11) is 4.11. The van der Waals surface area contributed by atoms with Gasteiger partial charge in [0.15, 0.2) is 0 Å². The molecule has 0 bridgehead atoms. The van der Waals surface area contributed by atoms with Crippen molar-refractivity contribution in [3.8, 4) is 0 Å². The predicted molar refractivity (Wildman–Crippen MR) is 61.8 cm³/mol. The Balaban J connectivity index is 3.70. The lowest BCUT2D eigenvalue weighted by atomic mass is 10.3. The third-order valence-electron chi connectivity index (χ3n) is 2.77. The average molecular weight is 202 g/mol. The van der Waals surface area contributed by atoms with E-state index >= 15 is 0 Å². The van der Waals surface area contributed by atoms with Gasteiger partial charge in [0.1, 0.15) is 0 Å². The van der Waals surface area contributed by atoms with Crippen molar-refractivity contribution >= 4 is 0 Å². The molecule has 0 fully saturated rings. The molecule has 2 atom stereocenters. The molecule has 0 aliphatic heterocycles. The van der Waals surface area contributed by atoms with Gasteiger partial charge in [-0.2, -0.15) is 0 Å². The quantitative estimate of drug-likeness (QED) is 0.581. The van der Waals surface area contributed by atoms with Gasteiger partial charge in [-0.1, -0.05) is 13.8 Å². The summed E-state index contributed by atoms with van der Waals surface area (Å²) in [4.78, 5) is 4.33. The van der Waals surface area contributed by atoms with Gasteiger partial charge < -0.3 is 11.5 Å². The summed E-state index contributed by atoms with van der Waals surface area (Å²) >= 11 is 0. The van der Waals surface area contributed by atoms with E-state index in [-0.39, 0.29) is 12.3 Å². The highest BCUT2D eigenvalue weighted by molar-refractivity contribution is 4.64. The van der Waals surface area contributed by atoms with Crippen LogP contribution in [0.1, 0.15) is 26.7 Å². The molecule has 86 valence electrons. The number of nitrogens with two attached hydrogens (primary N) is 2. The number of rotatable bonds is 7. The van der Waals surface area contributed by atoms with Gasteiger partial charge in [0.2, 0.25) is 0 Å². The molecule has 0 spiro atoms. The lowest BCUT2D eigenvalue weighted by Gasteiger charge is -2.28. The van der Waals surface area contributed by atoms with E-state index in [9.17, 15) is 0 Å². The smallest absolute Gasteiger partial charge is 0.0566 e. The maximum Gasteiger partial charge on any atom is 0.0566 e. The summed E-state index contributed by atoms with van der Waals surface area (Å²) in [6.45, 7) is 6.14. The first-order chi connectivity index (χ1) is 6.52. The monoisotopic (exact) mass is 202 g/mol. The number of nitrogens with zero attached hydrogens (tertiary/aromatic N) is 2. The van der Waals surface area contributed by atoms with Gasteiger partial charge in [0.05, 0.1) is 12.3 Å². The van der Waals surface area contributed by atoms with E-state index in [1.165, 1.54) is 0 Å². The van der Waals surface area contributed by atoms with E-state index in [4.69, 9.17) is 11.5 Å². The lowest BCUT2D eigenvalue weighted by Crippen LogP contribution is -2.46. The third kappa shape index (κ3) is 4.91. The van der Waals surface area contributed by atoms with Crippen LogP contribution < -0.4 is 11.5 Å². The van der Waals surface area contributed by atoms with Gasteiger partial charge in [-0.05, 0) is 26.9 Å². The first kappa shape index (κ1) is 13.8. The maximum absolute atomic E-state index is 5.89. The van der Waals surface area contributed by atoms with Crippen LogP contribution in [-0.4, -0.2) is 49.3 Å². The summed E-state index contributed by atoms with van der Waals surface area (Å²) in [6.07, 6.45) is 2.31. The molecule has 0 aromatic rings. The van der Waals surface area contributed by atoms with Crippen LogP contribution in [0.3, 0.4) is 0 Å². The zero-order valence-corrected chi connectivity index (χ0v) is 10.0. The van der Waals surface area contributed by atoms with Gasteiger partial charge in [-0.25, -0.2) is 0 Å². The lowest BCUT2D eigenvalue weighted by molar-refractivity contribution is 0.175. The van der Waals surface area contributed by atoms with Crippen LogP contribution in [0.4, 0.5) is 0 Å². The van der Waals surface area contributed by atoms with Crippen LogP contribution in [0.2, 0.25) is 0 Å². The first-order valence-electron chi connectivity index (χ1n) is 5.44. The molecule has 0 amide bonds. The van der Waals surface area contributed by atoms with Crippen LogP contribution in [-0.2, 0) is 0 Å². The second kappa shape index (κ2) is 7.17. The predicted octanol–water partition coefficient (Wildman–Crippen LogP) is 0.240. The Bertz CT molecular complexity index is 124. The van der Waals surface area contributed by atoms with E-state index in [2.05, 4.69) is 37.7 Å². The van der Waals surface area contributed by atoms with Crippen molar-refractivity contribution in [2.75, 3.05) is 27.2 Å². The molecule has 4 N–H and O–H groups in total. The molecule has 0 aliphatic carbocycles. The van der Waals surface area contributed by atoms with Crippen LogP contribution in [0.5, 0.6) is 0 Å². The van der Waals surface area contributed by atoms with Crippen molar-refractivity contribution in [3.05, 3.63) is 0 Å². The summed E-state index contributed by atoms with van der Waals surface area (Å²) in [5, 5.41) is 0. The minimum atomic E-state index is 0.168. The molecule has 4 nitrogen and oxygen atoms in total. The fraction of sp³-hybridized carbons (Fsp3) is 1.00. The van der Waals surface area contributed by atoms with E-state index in [1.54, 1.807) is 0 Å². The molecule has 14 heavy (non-hydrogen) atoms. The van der Waals surface area contributed by atoms with Crippen molar-refractivity contribution in [3.63, 3.8) is 0 Å². The summed E-state index contributed by atoms with van der Waals surface area (Å²) < 4.78 is 0. The van der Waals surface area contributed by atoms with Crippen molar-refractivity contribution in [2.45, 2.75) is 39.0 Å². The molecule has 0 radical (unpaired) electrons. The Labute approximate surface area is 88.2 Å². The Kier molecular flexibility index (Phi) is 7.09. The van der Waals surface area contributed by atoms with E-state index in [0.717, 1.165) is 25.9 Å². The van der Waals surface area contributed by atoms with Gasteiger partial charge >= 0.3 is 0 Å². The molecule has 4 heteroatoms. The summed E-state index contributed by atoms with van der Waals surface area (Å²) in [5.74, 6) is 0. The molecule has 0 saturated heterocycles. The molecular formula is C10H26N4. The van der Waals surface area contributed by atoms with E-state index < -0.39 is 0 Å². The zero-order chi connectivity index (χ0) is 11.1. The Morgan fingerprint density at radius 2 is 1.14 bits per heavy atom. The molecule has 0 rings (SSSR count). The topological polar surface area (TPSA) is 58.5 Å². The highest BCUT2D eigenvalue weighted by atomic mass is 15.3. The van der Waals surface area contributed by atoms with Crippen LogP contribution >= 0.6 is 0 Å². The SMILES string of the molecule is CCC(N)N(C)CCN(C)C(N)CC. The fourth-order valence-corrected chi connectivity index (χ4v) is 1.27. The van der Waals surface area contributed by atoms with Gasteiger partial charge in [0, 0.05) is 13.1 Å². The van der Waals surface area contributed by atoms with Crippen molar-refractivity contribution in [2.24, 2.45) is 11.5 Å². The average Bonchev–Trinajstić information content (AvgIpc) is 2.22. The molecule has 0 aromatic heterocycles. The van der Waals surface area contributed by atoms with Gasteiger partial charge in [-0.3, -0.25) is 9.80 Å². The second-order valence-electron chi connectivity index (χ2n) is 3.91. The number of hydrogen-bond acceptors (Lipinski definition) is 4. The third-order valence-corrected chi connectivity index (χ3v) is 2.77. The van der Waals surface area contributed by atoms with Crippen LogP contribution in [0, 0.1) is 0 Å². The number of hydrogen-bond donors (Lipinski definition) is 2. The van der Waals surface area contributed by atoms with E-state index in [1.807, 2.05) is 0 Å². The first-order valence-corrected chi connectivity index (χ1v) is 5.44. The Morgan fingerprint density at radius 3 is 1.36 bits per heavy atom. The highest BCUT2D eigenvalue weighted by Crippen LogP contribution is 1.97. The molecule has 0 heterocycles. The molecular weight excluding hydrogens is 176 g/mol. The van der Waals surface area contributed by atoms with Crippen LogP contribution in [0.15, 0.2) is 0 Å². The normalized spacial score (nSPS) is 16.3. The molecule has 0 saturated carbocycles. The summed E-state index contributed by atoms with van der Waals surface area (Å²) in [5.41, 5.74) is 11.8. The highest BCUT2D eigenvalue weighted by Gasteiger charge is 2.10. The van der Waals surface area contributed by atoms with E-state index in [0.29, 0.717) is 0 Å². The summed E-state index contributed by atoms with van der Waals surface area (Å²) in [6, 6.07) is 0. The fourth-order valence-electron chi connectivity index (χ4n) is 1.27. The molecule has 2 unspecified atom stereocenters. The van der Waals surface area contributed by atoms with Crippen molar-refractivity contribution < 1.29 is 0 Å². The molecule has 0 aliphatic rings. The minimum Gasteiger partial charge on any atom is -0.316 e. The van der Waals surface area contributed by atoms with Gasteiger partial charge in [0.25, 0.3) is 0 Å². The molecule has 0 aromatic carbocycles. The van der Waals surface area contributed by atoms with Gasteiger partial charge in [-0.15, -0.1) is 0 Å². The maximum atomic E-state index is 5.89. The number of likely N-dealkylation sites (N-methyl/N-ethyl adjacent to an activating group) is 2. The van der Waals surface area contributed by atoms with Crippen molar-refractivity contribution in [1.29, 1.82) is 0 Å². The van der Waals surface area contributed by atoms with Crippen LogP contribution in [0.25, 0.3) is 0 Å². The van der Waals surface area contributed by atoms with Crippen molar-refractivity contribution in [1.82, 2.24) is 9.80 Å². The largest absolute Gasteiger partial charge is 0.316 e. The standard InChI is InChI=1S/C10H26N4/c1-5-9(11)13(3)7-8-14(4)10(12)6-2/h9-10H,5-8,11-12H2,1-4H3. The Morgan fingerprint density at radius 1 is 0.857 bits per heavy atom. The second-order valence-corrected chi connectivity index (χ2v) is 3.91. The Hall–Kier alpha value is -0.160. The minimum absolute atomic E-state index is 0.168.